The maximum atomic E-state index is 12.5. The molecule has 0 aliphatic carbocycles. The lowest BCUT2D eigenvalue weighted by Gasteiger charge is -2.35. The van der Waals surface area contributed by atoms with Crippen LogP contribution in [-0.2, 0) is 16.0 Å². The molecule has 1 unspecified atom stereocenters. The molecular formula is C23H36N4O3. The van der Waals surface area contributed by atoms with Crippen molar-refractivity contribution in [2.24, 2.45) is 5.92 Å². The minimum absolute atomic E-state index is 0.0339. The third-order valence-electron chi connectivity index (χ3n) is 6.29. The van der Waals surface area contributed by atoms with Crippen molar-refractivity contribution >= 4 is 11.8 Å². The van der Waals surface area contributed by atoms with Crippen LogP contribution in [0.15, 0.2) is 30.3 Å². The van der Waals surface area contributed by atoms with Crippen LogP contribution in [0.5, 0.6) is 0 Å². The van der Waals surface area contributed by atoms with E-state index in [1.54, 1.807) is 0 Å². The highest BCUT2D eigenvalue weighted by Crippen LogP contribution is 2.16. The van der Waals surface area contributed by atoms with Crippen LogP contribution in [0.3, 0.4) is 0 Å². The Hall–Kier alpha value is -1.96. The molecule has 3 N–H and O–H groups in total. The van der Waals surface area contributed by atoms with E-state index < -0.39 is 0 Å². The van der Waals surface area contributed by atoms with E-state index in [-0.39, 0.29) is 30.9 Å². The summed E-state index contributed by atoms with van der Waals surface area (Å²) in [5, 5.41) is 15.0. The first-order valence-corrected chi connectivity index (χ1v) is 11.3. The number of aliphatic hydroxyl groups is 1. The fraction of sp³-hybridized carbons (Fsp3) is 0.652. The topological polar surface area (TPSA) is 84.9 Å². The smallest absolute Gasteiger partial charge is 0.237 e. The number of carbonyl (C=O) groups is 2. The second-order valence-corrected chi connectivity index (χ2v) is 8.45. The van der Waals surface area contributed by atoms with Gasteiger partial charge in [-0.2, -0.15) is 0 Å². The van der Waals surface area contributed by atoms with Crippen molar-refractivity contribution in [2.45, 2.75) is 38.1 Å². The van der Waals surface area contributed by atoms with Gasteiger partial charge in [-0.15, -0.1) is 0 Å². The number of piperidine rings is 1. The minimum Gasteiger partial charge on any atom is -0.395 e. The zero-order valence-electron chi connectivity index (χ0n) is 17.9. The summed E-state index contributed by atoms with van der Waals surface area (Å²) in [5.74, 6) is 0.405. The highest BCUT2D eigenvalue weighted by atomic mass is 16.3. The van der Waals surface area contributed by atoms with E-state index >= 15 is 0 Å². The maximum absolute atomic E-state index is 12.5. The number of nitrogens with zero attached hydrogens (tertiary/aromatic N) is 2. The Bertz CT molecular complexity index is 662. The molecule has 7 heteroatoms. The van der Waals surface area contributed by atoms with Crippen LogP contribution in [0, 0.1) is 5.92 Å². The Labute approximate surface area is 179 Å². The SMILES string of the molecule is O=C(CC1C(=O)NCCN1CCCc1ccccc1)NCC1CCN(CCO)CC1. The second-order valence-electron chi connectivity index (χ2n) is 8.45. The van der Waals surface area contributed by atoms with Crippen molar-refractivity contribution in [1.29, 1.82) is 0 Å². The number of piperazine rings is 1. The van der Waals surface area contributed by atoms with Crippen LogP contribution < -0.4 is 10.6 Å². The van der Waals surface area contributed by atoms with Gasteiger partial charge in [0, 0.05) is 26.2 Å². The van der Waals surface area contributed by atoms with Gasteiger partial charge in [0.15, 0.2) is 0 Å². The van der Waals surface area contributed by atoms with Crippen LogP contribution in [0.25, 0.3) is 0 Å². The summed E-state index contributed by atoms with van der Waals surface area (Å²) in [5.41, 5.74) is 1.30. The zero-order valence-corrected chi connectivity index (χ0v) is 17.9. The molecule has 1 aromatic rings. The molecule has 7 nitrogen and oxygen atoms in total. The summed E-state index contributed by atoms with van der Waals surface area (Å²) in [6, 6.07) is 10.00. The number of hydrogen-bond acceptors (Lipinski definition) is 5. The normalized spacial score (nSPS) is 21.4. The van der Waals surface area contributed by atoms with Crippen molar-refractivity contribution in [2.75, 3.05) is 52.4 Å². The van der Waals surface area contributed by atoms with E-state index in [0.717, 1.165) is 58.4 Å². The monoisotopic (exact) mass is 416 g/mol. The van der Waals surface area contributed by atoms with Gasteiger partial charge in [-0.25, -0.2) is 0 Å². The Balaban J connectivity index is 1.40. The average molecular weight is 417 g/mol. The Morgan fingerprint density at radius 3 is 2.63 bits per heavy atom. The number of aryl methyl sites for hydroxylation is 1. The predicted octanol–water partition coefficient (Wildman–Crippen LogP) is 0.630. The van der Waals surface area contributed by atoms with Gasteiger partial charge in [-0.1, -0.05) is 30.3 Å². The van der Waals surface area contributed by atoms with Gasteiger partial charge in [0.25, 0.3) is 0 Å². The van der Waals surface area contributed by atoms with Gasteiger partial charge < -0.3 is 20.6 Å². The van der Waals surface area contributed by atoms with Crippen molar-refractivity contribution in [1.82, 2.24) is 20.4 Å². The molecule has 166 valence electrons. The Kier molecular flexibility index (Phi) is 9.11. The van der Waals surface area contributed by atoms with Gasteiger partial charge in [0.1, 0.15) is 0 Å². The summed E-state index contributed by atoms with van der Waals surface area (Å²) < 4.78 is 0. The molecule has 1 atom stereocenters. The van der Waals surface area contributed by atoms with Gasteiger partial charge in [-0.05, 0) is 56.8 Å². The molecule has 0 spiro atoms. The first-order valence-electron chi connectivity index (χ1n) is 11.3. The number of rotatable bonds is 10. The van der Waals surface area contributed by atoms with E-state index in [0.29, 0.717) is 19.0 Å². The molecule has 2 aliphatic rings. The van der Waals surface area contributed by atoms with E-state index in [1.807, 2.05) is 18.2 Å². The third-order valence-corrected chi connectivity index (χ3v) is 6.29. The van der Waals surface area contributed by atoms with Crippen LogP contribution >= 0.6 is 0 Å². The summed E-state index contributed by atoms with van der Waals surface area (Å²) in [6.45, 7) is 5.82. The predicted molar refractivity (Wildman–Crippen MR) is 117 cm³/mol. The van der Waals surface area contributed by atoms with E-state index in [4.69, 9.17) is 5.11 Å². The molecule has 2 heterocycles. The van der Waals surface area contributed by atoms with E-state index in [2.05, 4.69) is 32.6 Å². The van der Waals surface area contributed by atoms with Crippen molar-refractivity contribution in [3.8, 4) is 0 Å². The zero-order chi connectivity index (χ0) is 21.2. The molecule has 1 aromatic carbocycles. The average Bonchev–Trinajstić information content (AvgIpc) is 2.76. The number of amides is 2. The molecule has 0 aromatic heterocycles. The number of hydrogen-bond donors (Lipinski definition) is 3. The van der Waals surface area contributed by atoms with E-state index in [9.17, 15) is 9.59 Å². The first kappa shape index (κ1) is 22.7. The second kappa shape index (κ2) is 12.0. The summed E-state index contributed by atoms with van der Waals surface area (Å²) >= 11 is 0. The summed E-state index contributed by atoms with van der Waals surface area (Å²) in [4.78, 5) is 29.4. The van der Waals surface area contributed by atoms with Crippen LogP contribution in [0.1, 0.15) is 31.2 Å². The lowest BCUT2D eigenvalue weighted by molar-refractivity contribution is -0.134. The molecule has 30 heavy (non-hydrogen) atoms. The number of likely N-dealkylation sites (tertiary alicyclic amines) is 1. The van der Waals surface area contributed by atoms with Gasteiger partial charge in [0.2, 0.25) is 11.8 Å². The first-order chi connectivity index (χ1) is 14.7. The molecule has 0 saturated carbocycles. The molecule has 2 aliphatic heterocycles. The quantitative estimate of drug-likeness (QED) is 0.521. The number of β-amino-alcohol motifs (C(OH)–C–C–N with tert-alkyl or cyclic N) is 1. The molecular weight excluding hydrogens is 380 g/mol. The van der Waals surface area contributed by atoms with Crippen molar-refractivity contribution in [3.05, 3.63) is 35.9 Å². The lowest BCUT2D eigenvalue weighted by Crippen LogP contribution is -2.56. The highest BCUT2D eigenvalue weighted by molar-refractivity contribution is 5.88. The minimum atomic E-state index is -0.374. The molecule has 2 saturated heterocycles. The fourth-order valence-corrected chi connectivity index (χ4v) is 4.44. The summed E-state index contributed by atoms with van der Waals surface area (Å²) in [6.07, 6.45) is 4.25. The molecule has 0 bridgehead atoms. The third kappa shape index (κ3) is 7.07. The van der Waals surface area contributed by atoms with Gasteiger partial charge >= 0.3 is 0 Å². The summed E-state index contributed by atoms with van der Waals surface area (Å²) in [7, 11) is 0. The number of carbonyl (C=O) groups excluding carboxylic acids is 2. The van der Waals surface area contributed by atoms with E-state index in [1.165, 1.54) is 5.56 Å². The largest absolute Gasteiger partial charge is 0.395 e. The van der Waals surface area contributed by atoms with Crippen molar-refractivity contribution < 1.29 is 14.7 Å². The number of benzene rings is 1. The lowest BCUT2D eigenvalue weighted by atomic mass is 9.96. The number of nitrogens with one attached hydrogen (secondary N) is 2. The van der Waals surface area contributed by atoms with Crippen molar-refractivity contribution in [3.63, 3.8) is 0 Å². The number of aliphatic hydroxyl groups excluding tert-OH is 1. The standard InChI is InChI=1S/C23H36N4O3/c28-16-15-26-12-8-20(9-13-26)18-25-22(29)17-21-23(30)24-10-14-27(21)11-4-7-19-5-2-1-3-6-19/h1-3,5-6,20-21,28H,4,7-18H2,(H,24,30)(H,25,29). The fourth-order valence-electron chi connectivity index (χ4n) is 4.44. The molecule has 0 radical (unpaired) electrons. The highest BCUT2D eigenvalue weighted by Gasteiger charge is 2.31. The Morgan fingerprint density at radius 2 is 1.90 bits per heavy atom. The van der Waals surface area contributed by atoms with Gasteiger partial charge in [-0.3, -0.25) is 14.5 Å². The van der Waals surface area contributed by atoms with Gasteiger partial charge in [0.05, 0.1) is 19.1 Å². The molecule has 2 amide bonds. The van der Waals surface area contributed by atoms with Crippen LogP contribution in [0.4, 0.5) is 0 Å². The molecule has 3 rings (SSSR count). The molecule has 2 fully saturated rings. The Morgan fingerprint density at radius 1 is 1.13 bits per heavy atom. The van der Waals surface area contributed by atoms with Crippen LogP contribution in [-0.4, -0.2) is 85.2 Å². The maximum Gasteiger partial charge on any atom is 0.237 e. The van der Waals surface area contributed by atoms with Crippen LogP contribution in [0.2, 0.25) is 0 Å².